The van der Waals surface area contributed by atoms with Gasteiger partial charge < -0.3 is 19.9 Å². The Kier molecular flexibility index (Phi) is 5.54. The first-order chi connectivity index (χ1) is 10.1. The third-order valence-electron chi connectivity index (χ3n) is 3.11. The van der Waals surface area contributed by atoms with Crippen molar-refractivity contribution >= 4 is 12.1 Å². The number of carbonyl (C=O) groups is 2. The highest BCUT2D eigenvalue weighted by molar-refractivity contribution is 5.78. The normalized spacial score (nSPS) is 15.4. The van der Waals surface area contributed by atoms with Crippen LogP contribution in [0.5, 0.6) is 0 Å². The highest BCUT2D eigenvalue weighted by Gasteiger charge is 2.42. The summed E-state index contributed by atoms with van der Waals surface area (Å²) in [5.41, 5.74) is -1.52. The molecule has 0 unspecified atom stereocenters. The number of alkyl carbamates (subject to hydrolysis) is 1. The maximum absolute atomic E-state index is 12.1. The molecule has 1 aromatic rings. The monoisotopic (exact) mass is 309 g/mol. The Morgan fingerprint density at radius 2 is 1.68 bits per heavy atom. The molecule has 0 aromatic heterocycles. The number of methoxy groups -OCH3 is 1. The van der Waals surface area contributed by atoms with E-state index in [1.54, 1.807) is 51.1 Å². The van der Waals surface area contributed by atoms with Crippen molar-refractivity contribution in [2.75, 3.05) is 7.11 Å². The minimum atomic E-state index is -1.58. The van der Waals surface area contributed by atoms with Gasteiger partial charge in [0.25, 0.3) is 0 Å². The molecule has 0 fully saturated rings. The van der Waals surface area contributed by atoms with Crippen molar-refractivity contribution in [3.8, 4) is 0 Å². The van der Waals surface area contributed by atoms with Crippen LogP contribution in [0.3, 0.4) is 0 Å². The average Bonchev–Trinajstić information content (AvgIpc) is 2.44. The Hall–Kier alpha value is -2.08. The second-order valence-corrected chi connectivity index (χ2v) is 6.12. The number of hydrogen-bond acceptors (Lipinski definition) is 5. The molecule has 2 atom stereocenters. The van der Waals surface area contributed by atoms with Crippen LogP contribution in [0.4, 0.5) is 4.79 Å². The van der Waals surface area contributed by atoms with Crippen LogP contribution in [-0.4, -0.2) is 36.0 Å². The number of hydrogen-bond donors (Lipinski definition) is 2. The van der Waals surface area contributed by atoms with Crippen LogP contribution < -0.4 is 5.32 Å². The van der Waals surface area contributed by atoms with Gasteiger partial charge in [-0.25, -0.2) is 9.59 Å². The van der Waals surface area contributed by atoms with Crippen LogP contribution in [-0.2, 0) is 19.8 Å². The predicted octanol–water partition coefficient (Wildman–Crippen LogP) is 1.96. The molecule has 6 nitrogen and oxygen atoms in total. The Morgan fingerprint density at radius 3 is 2.14 bits per heavy atom. The van der Waals surface area contributed by atoms with Crippen molar-refractivity contribution in [1.82, 2.24) is 5.32 Å². The van der Waals surface area contributed by atoms with Gasteiger partial charge in [0.05, 0.1) is 7.11 Å². The van der Waals surface area contributed by atoms with Crippen LogP contribution in [0.2, 0.25) is 0 Å². The fourth-order valence-electron chi connectivity index (χ4n) is 1.95. The minimum Gasteiger partial charge on any atom is -0.467 e. The van der Waals surface area contributed by atoms with E-state index in [1.165, 1.54) is 14.0 Å². The quantitative estimate of drug-likeness (QED) is 0.831. The molecule has 1 rings (SSSR count). The first-order valence-electron chi connectivity index (χ1n) is 6.93. The average molecular weight is 309 g/mol. The lowest BCUT2D eigenvalue weighted by Gasteiger charge is -2.35. The number of carbonyl (C=O) groups excluding carboxylic acids is 2. The summed E-state index contributed by atoms with van der Waals surface area (Å²) in [5, 5.41) is 12.9. The fourth-order valence-corrected chi connectivity index (χ4v) is 1.95. The number of amides is 1. The maximum atomic E-state index is 12.1. The van der Waals surface area contributed by atoms with Gasteiger partial charge in [0.15, 0.2) is 6.10 Å². The summed E-state index contributed by atoms with van der Waals surface area (Å²) in [6, 6.07) is 8.68. The zero-order valence-corrected chi connectivity index (χ0v) is 13.5. The van der Waals surface area contributed by atoms with Gasteiger partial charge in [-0.3, -0.25) is 0 Å². The molecular weight excluding hydrogens is 286 g/mol. The summed E-state index contributed by atoms with van der Waals surface area (Å²) < 4.78 is 9.79. The van der Waals surface area contributed by atoms with Gasteiger partial charge in [-0.1, -0.05) is 30.3 Å². The van der Waals surface area contributed by atoms with Crippen LogP contribution >= 0.6 is 0 Å². The highest BCUT2D eigenvalue weighted by Crippen LogP contribution is 2.26. The molecule has 0 saturated heterocycles. The van der Waals surface area contributed by atoms with Crippen molar-refractivity contribution in [3.05, 3.63) is 35.9 Å². The van der Waals surface area contributed by atoms with Crippen molar-refractivity contribution < 1.29 is 24.2 Å². The van der Waals surface area contributed by atoms with E-state index in [9.17, 15) is 14.7 Å². The molecule has 0 aliphatic carbocycles. The van der Waals surface area contributed by atoms with E-state index in [0.717, 1.165) is 0 Å². The summed E-state index contributed by atoms with van der Waals surface area (Å²) >= 11 is 0. The molecule has 6 heteroatoms. The Labute approximate surface area is 130 Å². The van der Waals surface area contributed by atoms with E-state index >= 15 is 0 Å². The summed E-state index contributed by atoms with van der Waals surface area (Å²) in [7, 11) is 1.17. The minimum absolute atomic E-state index is 0.554. The Balaban J connectivity index is 3.12. The van der Waals surface area contributed by atoms with Gasteiger partial charge in [0, 0.05) is 0 Å². The van der Waals surface area contributed by atoms with Gasteiger partial charge in [-0.2, -0.15) is 0 Å². The number of rotatable bonds is 4. The molecule has 0 spiro atoms. The van der Waals surface area contributed by atoms with Gasteiger partial charge in [0.2, 0.25) is 0 Å². The van der Waals surface area contributed by atoms with E-state index in [1.807, 2.05) is 0 Å². The van der Waals surface area contributed by atoms with E-state index in [0.29, 0.717) is 5.56 Å². The second kappa shape index (κ2) is 6.79. The molecular formula is C16H23NO5. The molecule has 0 saturated carbocycles. The molecule has 0 aliphatic heterocycles. The number of aliphatic hydroxyl groups is 1. The van der Waals surface area contributed by atoms with Crippen molar-refractivity contribution in [3.63, 3.8) is 0 Å². The summed E-state index contributed by atoms with van der Waals surface area (Å²) in [6.07, 6.45) is -2.31. The number of nitrogens with one attached hydrogen (secondary N) is 1. The lowest BCUT2D eigenvalue weighted by atomic mass is 9.86. The molecule has 122 valence electrons. The van der Waals surface area contributed by atoms with Gasteiger partial charge in [-0.05, 0) is 33.3 Å². The first kappa shape index (κ1) is 18.0. The van der Waals surface area contributed by atoms with Gasteiger partial charge in [0.1, 0.15) is 11.1 Å². The molecule has 1 amide bonds. The zero-order chi connectivity index (χ0) is 17.0. The largest absolute Gasteiger partial charge is 0.467 e. The summed E-state index contributed by atoms with van der Waals surface area (Å²) in [4.78, 5) is 23.8. The van der Waals surface area contributed by atoms with E-state index in [2.05, 4.69) is 10.1 Å². The summed E-state index contributed by atoms with van der Waals surface area (Å²) in [6.45, 7) is 6.71. The van der Waals surface area contributed by atoms with Crippen molar-refractivity contribution in [2.24, 2.45) is 0 Å². The Morgan fingerprint density at radius 1 is 1.14 bits per heavy atom. The molecule has 2 N–H and O–H groups in total. The predicted molar refractivity (Wildman–Crippen MR) is 81.2 cm³/mol. The molecule has 0 aliphatic rings. The third kappa shape index (κ3) is 4.46. The number of esters is 1. The van der Waals surface area contributed by atoms with Crippen molar-refractivity contribution in [1.29, 1.82) is 0 Å². The molecule has 0 bridgehead atoms. The number of aliphatic hydroxyl groups excluding tert-OH is 1. The van der Waals surface area contributed by atoms with Crippen LogP contribution in [0, 0.1) is 0 Å². The molecule has 0 heterocycles. The number of ether oxygens (including phenoxy) is 2. The first-order valence-corrected chi connectivity index (χ1v) is 6.93. The number of benzene rings is 1. The SMILES string of the molecule is COC(=O)[C@@H](O)[C@](C)(NC(=O)OC(C)(C)C)c1ccccc1. The highest BCUT2D eigenvalue weighted by atomic mass is 16.6. The molecule has 22 heavy (non-hydrogen) atoms. The van der Waals surface area contributed by atoms with Crippen LogP contribution in [0.25, 0.3) is 0 Å². The fraction of sp³-hybridized carbons (Fsp3) is 0.500. The second-order valence-electron chi connectivity index (χ2n) is 6.12. The summed E-state index contributed by atoms with van der Waals surface area (Å²) in [5.74, 6) is -0.845. The van der Waals surface area contributed by atoms with E-state index < -0.39 is 29.3 Å². The third-order valence-corrected chi connectivity index (χ3v) is 3.11. The zero-order valence-electron chi connectivity index (χ0n) is 13.5. The molecule has 1 aromatic carbocycles. The topological polar surface area (TPSA) is 84.9 Å². The van der Waals surface area contributed by atoms with Crippen LogP contribution in [0.15, 0.2) is 30.3 Å². The van der Waals surface area contributed by atoms with E-state index in [4.69, 9.17) is 4.74 Å². The van der Waals surface area contributed by atoms with Crippen molar-refractivity contribution in [2.45, 2.75) is 44.9 Å². The maximum Gasteiger partial charge on any atom is 0.408 e. The standard InChI is InChI=1S/C16H23NO5/c1-15(2,3)22-14(20)17-16(4,12(18)13(19)21-5)11-9-7-6-8-10-11/h6-10,12,18H,1-5H3,(H,17,20)/t12-,16-/m1/s1. The van der Waals surface area contributed by atoms with Gasteiger partial charge >= 0.3 is 12.1 Å². The smallest absolute Gasteiger partial charge is 0.408 e. The van der Waals surface area contributed by atoms with E-state index in [-0.39, 0.29) is 0 Å². The lowest BCUT2D eigenvalue weighted by Crippen LogP contribution is -2.56. The Bertz CT molecular complexity index is 523. The molecule has 0 radical (unpaired) electrons. The van der Waals surface area contributed by atoms with Crippen LogP contribution in [0.1, 0.15) is 33.3 Å². The van der Waals surface area contributed by atoms with Gasteiger partial charge in [-0.15, -0.1) is 0 Å². The lowest BCUT2D eigenvalue weighted by molar-refractivity contribution is -0.155.